The van der Waals surface area contributed by atoms with E-state index < -0.39 is 4.92 Å². The van der Waals surface area contributed by atoms with Crippen molar-refractivity contribution in [3.05, 3.63) is 39.0 Å². The van der Waals surface area contributed by atoms with Crippen molar-refractivity contribution in [1.82, 2.24) is 9.59 Å². The van der Waals surface area contributed by atoms with Crippen LogP contribution in [-0.2, 0) is 6.61 Å². The zero-order valence-corrected chi connectivity index (χ0v) is 12.1. The third-order valence-corrected chi connectivity index (χ3v) is 3.42. The number of rotatable bonds is 6. The molecule has 0 saturated carbocycles. The van der Waals surface area contributed by atoms with Crippen LogP contribution in [0, 0.1) is 10.1 Å². The summed E-state index contributed by atoms with van der Waals surface area (Å²) in [6, 6.07) is 4.04. The lowest BCUT2D eigenvalue weighted by molar-refractivity contribution is -0.384. The highest BCUT2D eigenvalue weighted by Crippen LogP contribution is 2.30. The first-order chi connectivity index (χ1) is 9.61. The maximum absolute atomic E-state index is 10.7. The number of nitrogens with one attached hydrogen (secondary N) is 1. The fourth-order valence-electron chi connectivity index (χ4n) is 1.46. The van der Waals surface area contributed by atoms with Gasteiger partial charge in [-0.05, 0) is 13.0 Å². The van der Waals surface area contributed by atoms with Crippen LogP contribution >= 0.6 is 23.1 Å². The molecule has 2 rings (SSSR count). The molecular formula is C11H11ClN4O3S. The molecule has 0 aliphatic heterocycles. The second kappa shape index (κ2) is 6.49. The Balaban J connectivity index is 2.12. The van der Waals surface area contributed by atoms with Crippen molar-refractivity contribution in [2.45, 2.75) is 13.5 Å². The molecule has 0 amide bonds. The van der Waals surface area contributed by atoms with Crippen molar-refractivity contribution in [3.8, 4) is 5.75 Å². The Morgan fingerprint density at radius 3 is 3.05 bits per heavy atom. The van der Waals surface area contributed by atoms with Crippen molar-refractivity contribution in [1.29, 1.82) is 0 Å². The number of ether oxygens (including phenoxy) is 1. The molecule has 0 atom stereocenters. The van der Waals surface area contributed by atoms with Crippen LogP contribution in [0.15, 0.2) is 18.2 Å². The molecule has 1 aromatic carbocycles. The van der Waals surface area contributed by atoms with Crippen LogP contribution in [0.25, 0.3) is 0 Å². The quantitative estimate of drug-likeness (QED) is 0.650. The standard InChI is InChI=1S/C11H11ClN4O3S/c1-2-13-11-9(14-15-20-11)6-19-10-5-7(16(17)18)3-4-8(10)12/h3-5,13H,2,6H2,1H3. The van der Waals surface area contributed by atoms with E-state index in [4.69, 9.17) is 16.3 Å². The molecule has 20 heavy (non-hydrogen) atoms. The SMILES string of the molecule is CCNc1snnc1COc1cc([N+](=O)[O-])ccc1Cl. The van der Waals surface area contributed by atoms with Gasteiger partial charge in [-0.25, -0.2) is 0 Å². The number of hydrogen-bond donors (Lipinski definition) is 1. The highest BCUT2D eigenvalue weighted by Gasteiger charge is 2.13. The summed E-state index contributed by atoms with van der Waals surface area (Å²) in [5, 5.41) is 18.9. The lowest BCUT2D eigenvalue weighted by Crippen LogP contribution is -2.02. The number of anilines is 1. The van der Waals surface area contributed by atoms with E-state index >= 15 is 0 Å². The van der Waals surface area contributed by atoms with E-state index in [1.54, 1.807) is 0 Å². The molecule has 1 heterocycles. The summed E-state index contributed by atoms with van der Waals surface area (Å²) in [7, 11) is 0. The molecule has 1 aromatic heterocycles. The maximum Gasteiger partial charge on any atom is 0.273 e. The van der Waals surface area contributed by atoms with Crippen LogP contribution in [0.3, 0.4) is 0 Å². The summed E-state index contributed by atoms with van der Waals surface area (Å²) in [5.41, 5.74) is 0.562. The number of non-ortho nitro benzene ring substituents is 1. The molecule has 0 aliphatic rings. The van der Waals surface area contributed by atoms with Gasteiger partial charge in [0.1, 0.15) is 23.1 Å². The van der Waals surface area contributed by atoms with Gasteiger partial charge in [-0.2, -0.15) is 0 Å². The molecule has 9 heteroatoms. The number of benzene rings is 1. The Morgan fingerprint density at radius 2 is 2.35 bits per heavy atom. The molecule has 0 aliphatic carbocycles. The van der Waals surface area contributed by atoms with E-state index in [2.05, 4.69) is 14.9 Å². The third kappa shape index (κ3) is 3.34. The highest BCUT2D eigenvalue weighted by molar-refractivity contribution is 7.10. The Labute approximate surface area is 123 Å². The van der Waals surface area contributed by atoms with E-state index in [-0.39, 0.29) is 18.0 Å². The molecule has 0 spiro atoms. The van der Waals surface area contributed by atoms with Gasteiger partial charge in [0.2, 0.25) is 0 Å². The van der Waals surface area contributed by atoms with Crippen molar-refractivity contribution in [2.75, 3.05) is 11.9 Å². The summed E-state index contributed by atoms with van der Waals surface area (Å²) in [5.74, 6) is 0.247. The first-order valence-electron chi connectivity index (χ1n) is 5.73. The summed E-state index contributed by atoms with van der Waals surface area (Å²) in [6.45, 7) is 2.84. The van der Waals surface area contributed by atoms with Gasteiger partial charge in [0.15, 0.2) is 0 Å². The third-order valence-electron chi connectivity index (χ3n) is 2.38. The van der Waals surface area contributed by atoms with Gasteiger partial charge in [-0.15, -0.1) is 5.10 Å². The lowest BCUT2D eigenvalue weighted by Gasteiger charge is -2.07. The van der Waals surface area contributed by atoms with Gasteiger partial charge < -0.3 is 10.1 Å². The molecule has 0 fully saturated rings. The molecule has 106 valence electrons. The number of nitro groups is 1. The fraction of sp³-hybridized carbons (Fsp3) is 0.273. The molecule has 0 unspecified atom stereocenters. The van der Waals surface area contributed by atoms with Crippen LogP contribution in [0.5, 0.6) is 5.75 Å². The summed E-state index contributed by atoms with van der Waals surface area (Å²) < 4.78 is 9.32. The highest BCUT2D eigenvalue weighted by atomic mass is 35.5. The van der Waals surface area contributed by atoms with Crippen LogP contribution in [0.1, 0.15) is 12.6 Å². The Kier molecular flexibility index (Phi) is 4.70. The maximum atomic E-state index is 10.7. The monoisotopic (exact) mass is 314 g/mol. The van der Waals surface area contributed by atoms with Crippen molar-refractivity contribution < 1.29 is 9.66 Å². The fourth-order valence-corrected chi connectivity index (χ4v) is 2.27. The minimum absolute atomic E-state index is 0.0762. The van der Waals surface area contributed by atoms with Gasteiger partial charge >= 0.3 is 0 Å². The van der Waals surface area contributed by atoms with Crippen LogP contribution in [-0.4, -0.2) is 21.1 Å². The second-order valence-corrected chi connectivity index (χ2v) is 4.90. The van der Waals surface area contributed by atoms with Crippen LogP contribution in [0.2, 0.25) is 5.02 Å². The summed E-state index contributed by atoms with van der Waals surface area (Å²) >= 11 is 7.17. The summed E-state index contributed by atoms with van der Waals surface area (Å²) in [4.78, 5) is 10.2. The number of nitrogens with zero attached hydrogens (tertiary/aromatic N) is 3. The average Bonchev–Trinajstić information content (AvgIpc) is 2.85. The van der Waals surface area contributed by atoms with E-state index in [0.29, 0.717) is 10.7 Å². The van der Waals surface area contributed by atoms with Crippen molar-refractivity contribution in [3.63, 3.8) is 0 Å². The molecule has 0 radical (unpaired) electrons. The normalized spacial score (nSPS) is 10.3. The number of hydrogen-bond acceptors (Lipinski definition) is 7. The van der Waals surface area contributed by atoms with E-state index in [0.717, 1.165) is 11.5 Å². The Morgan fingerprint density at radius 1 is 1.55 bits per heavy atom. The lowest BCUT2D eigenvalue weighted by atomic mass is 10.3. The number of aromatic nitrogens is 2. The van der Waals surface area contributed by atoms with E-state index in [9.17, 15) is 10.1 Å². The van der Waals surface area contributed by atoms with E-state index in [1.807, 2.05) is 6.92 Å². The van der Waals surface area contributed by atoms with E-state index in [1.165, 1.54) is 29.7 Å². The second-order valence-electron chi connectivity index (χ2n) is 3.74. The number of nitro benzene ring substituents is 1. The predicted octanol–water partition coefficient (Wildman–Crippen LogP) is 3.11. The van der Waals surface area contributed by atoms with Crippen LogP contribution in [0.4, 0.5) is 10.7 Å². The van der Waals surface area contributed by atoms with Crippen LogP contribution < -0.4 is 10.1 Å². The zero-order chi connectivity index (χ0) is 14.5. The van der Waals surface area contributed by atoms with Gasteiger partial charge in [0.25, 0.3) is 5.69 Å². The molecule has 7 nitrogen and oxygen atoms in total. The van der Waals surface area contributed by atoms with Crippen molar-refractivity contribution >= 4 is 33.8 Å². The first kappa shape index (κ1) is 14.5. The summed E-state index contributed by atoms with van der Waals surface area (Å²) in [6.07, 6.45) is 0. The van der Waals surface area contributed by atoms with Gasteiger partial charge in [0, 0.05) is 24.1 Å². The van der Waals surface area contributed by atoms with Gasteiger partial charge in [-0.3, -0.25) is 10.1 Å². The average molecular weight is 315 g/mol. The Hall–Kier alpha value is -1.93. The minimum atomic E-state index is -0.502. The Bertz CT molecular complexity index is 619. The smallest absolute Gasteiger partial charge is 0.273 e. The number of halogens is 1. The predicted molar refractivity (Wildman–Crippen MR) is 76.5 cm³/mol. The van der Waals surface area contributed by atoms with Crippen molar-refractivity contribution in [2.24, 2.45) is 0 Å². The molecule has 2 aromatic rings. The molecular weight excluding hydrogens is 304 g/mol. The topological polar surface area (TPSA) is 90.2 Å². The van der Waals surface area contributed by atoms with Gasteiger partial charge in [-0.1, -0.05) is 16.1 Å². The molecule has 0 saturated heterocycles. The van der Waals surface area contributed by atoms with Gasteiger partial charge in [0.05, 0.1) is 16.0 Å². The molecule has 1 N–H and O–H groups in total. The first-order valence-corrected chi connectivity index (χ1v) is 6.88. The largest absolute Gasteiger partial charge is 0.485 e. The molecule has 0 bridgehead atoms. The zero-order valence-electron chi connectivity index (χ0n) is 10.5. The minimum Gasteiger partial charge on any atom is -0.485 e.